The van der Waals surface area contributed by atoms with Gasteiger partial charge in [-0.1, -0.05) is 30.3 Å². The number of para-hydroxylation sites is 2. The molecule has 29 heavy (non-hydrogen) atoms. The maximum Gasteiger partial charge on any atom is 0.290 e. The summed E-state index contributed by atoms with van der Waals surface area (Å²) < 4.78 is 11.4. The maximum atomic E-state index is 13.1. The molecule has 0 saturated heterocycles. The van der Waals surface area contributed by atoms with E-state index in [1.165, 1.54) is 4.90 Å². The van der Waals surface area contributed by atoms with Gasteiger partial charge in [-0.2, -0.15) is 0 Å². The van der Waals surface area contributed by atoms with Crippen LogP contribution in [0.4, 0.5) is 0 Å². The van der Waals surface area contributed by atoms with Crippen molar-refractivity contribution in [3.05, 3.63) is 76.0 Å². The lowest BCUT2D eigenvalue weighted by atomic mass is 10.1. The van der Waals surface area contributed by atoms with Gasteiger partial charge in [0.25, 0.3) is 11.5 Å². The predicted molar refractivity (Wildman–Crippen MR) is 110 cm³/mol. The number of hydrogen-bond donors (Lipinski definition) is 1. The van der Waals surface area contributed by atoms with Crippen LogP contribution in [-0.2, 0) is 17.9 Å². The van der Waals surface area contributed by atoms with Crippen molar-refractivity contribution in [3.63, 3.8) is 0 Å². The van der Waals surface area contributed by atoms with E-state index in [-0.39, 0.29) is 30.4 Å². The van der Waals surface area contributed by atoms with Crippen LogP contribution in [0, 0.1) is 0 Å². The molecule has 1 amide bonds. The molecule has 0 aliphatic heterocycles. The molecule has 148 valence electrons. The molecule has 0 atom stereocenters. The summed E-state index contributed by atoms with van der Waals surface area (Å²) in [6, 6.07) is 14.6. The Bertz CT molecular complexity index is 1240. The van der Waals surface area contributed by atoms with Gasteiger partial charge in [-0.25, -0.2) is 4.98 Å². The standard InChI is InChI=1S/C22H21N3O4/c1-3-28-13-16-14-8-5-7-11-18(14)29-20(16)22(27)25(2)12-19-23-17-10-6-4-9-15(17)21(26)24-19/h4-11H,3,12-13H2,1-2H3,(H,23,24,26). The van der Waals surface area contributed by atoms with E-state index in [0.29, 0.717) is 28.9 Å². The first kappa shape index (κ1) is 18.9. The Morgan fingerprint density at radius 3 is 2.66 bits per heavy atom. The number of fused-ring (bicyclic) bond motifs is 2. The Labute approximate surface area is 166 Å². The molecule has 0 aliphatic rings. The average Bonchev–Trinajstić information content (AvgIpc) is 3.10. The summed E-state index contributed by atoms with van der Waals surface area (Å²) in [6.45, 7) is 2.86. The quantitative estimate of drug-likeness (QED) is 0.544. The number of rotatable bonds is 6. The fraction of sp³-hybridized carbons (Fsp3) is 0.227. The molecule has 2 aromatic heterocycles. The lowest BCUT2D eigenvalue weighted by molar-refractivity contribution is 0.0741. The number of furan rings is 1. The molecule has 2 heterocycles. The van der Waals surface area contributed by atoms with Crippen molar-refractivity contribution in [2.24, 2.45) is 0 Å². The largest absolute Gasteiger partial charge is 0.451 e. The number of H-pyrrole nitrogens is 1. The number of aromatic nitrogens is 2. The molecule has 0 bridgehead atoms. The molecular formula is C22H21N3O4. The van der Waals surface area contributed by atoms with Gasteiger partial charge >= 0.3 is 0 Å². The van der Waals surface area contributed by atoms with Gasteiger partial charge in [-0.15, -0.1) is 0 Å². The second-order valence-corrected chi connectivity index (χ2v) is 6.73. The Morgan fingerprint density at radius 1 is 1.14 bits per heavy atom. The molecular weight excluding hydrogens is 370 g/mol. The summed E-state index contributed by atoms with van der Waals surface area (Å²) in [4.78, 5) is 34.1. The van der Waals surface area contributed by atoms with E-state index in [1.54, 1.807) is 25.2 Å². The average molecular weight is 391 g/mol. The lowest BCUT2D eigenvalue weighted by Crippen LogP contribution is -2.28. The van der Waals surface area contributed by atoms with Gasteiger partial charge in [0.05, 0.1) is 24.1 Å². The first-order valence-electron chi connectivity index (χ1n) is 9.40. The van der Waals surface area contributed by atoms with Crippen LogP contribution >= 0.6 is 0 Å². The Kier molecular flexibility index (Phi) is 5.14. The summed E-state index contributed by atoms with van der Waals surface area (Å²) in [5, 5.41) is 1.37. The van der Waals surface area contributed by atoms with Crippen LogP contribution in [0.2, 0.25) is 0 Å². The van der Waals surface area contributed by atoms with Crippen molar-refractivity contribution in [1.82, 2.24) is 14.9 Å². The third-order valence-electron chi connectivity index (χ3n) is 4.74. The van der Waals surface area contributed by atoms with Gasteiger partial charge in [-0.05, 0) is 25.1 Å². The number of carbonyl (C=O) groups excluding carboxylic acids is 1. The summed E-state index contributed by atoms with van der Waals surface area (Å²) in [7, 11) is 1.65. The third kappa shape index (κ3) is 3.64. The molecule has 4 rings (SSSR count). The van der Waals surface area contributed by atoms with Crippen LogP contribution in [-0.4, -0.2) is 34.4 Å². The van der Waals surface area contributed by atoms with Crippen molar-refractivity contribution >= 4 is 27.8 Å². The van der Waals surface area contributed by atoms with Crippen LogP contribution in [0.5, 0.6) is 0 Å². The van der Waals surface area contributed by atoms with Crippen molar-refractivity contribution in [3.8, 4) is 0 Å². The highest BCUT2D eigenvalue weighted by molar-refractivity contribution is 5.98. The Hall–Kier alpha value is -3.45. The zero-order valence-corrected chi connectivity index (χ0v) is 16.3. The number of amides is 1. The second-order valence-electron chi connectivity index (χ2n) is 6.73. The van der Waals surface area contributed by atoms with E-state index in [2.05, 4.69) is 9.97 Å². The van der Waals surface area contributed by atoms with E-state index < -0.39 is 0 Å². The van der Waals surface area contributed by atoms with Crippen molar-refractivity contribution < 1.29 is 13.9 Å². The van der Waals surface area contributed by atoms with E-state index in [9.17, 15) is 9.59 Å². The third-order valence-corrected chi connectivity index (χ3v) is 4.74. The molecule has 7 nitrogen and oxygen atoms in total. The summed E-state index contributed by atoms with van der Waals surface area (Å²) in [5.41, 5.74) is 1.72. The maximum absolute atomic E-state index is 13.1. The van der Waals surface area contributed by atoms with E-state index >= 15 is 0 Å². The topological polar surface area (TPSA) is 88.4 Å². The van der Waals surface area contributed by atoms with Crippen LogP contribution in [0.25, 0.3) is 21.9 Å². The molecule has 0 fully saturated rings. The highest BCUT2D eigenvalue weighted by Crippen LogP contribution is 2.27. The number of nitrogens with zero attached hydrogens (tertiary/aromatic N) is 2. The fourth-order valence-electron chi connectivity index (χ4n) is 3.30. The number of aromatic amines is 1. The normalized spacial score (nSPS) is 11.2. The second kappa shape index (κ2) is 7.89. The SMILES string of the molecule is CCOCc1c(C(=O)N(C)Cc2nc3ccccc3c(=O)[nH]2)oc2ccccc12. The minimum atomic E-state index is -0.299. The lowest BCUT2D eigenvalue weighted by Gasteiger charge is -2.16. The van der Waals surface area contributed by atoms with Crippen LogP contribution in [0.15, 0.2) is 57.7 Å². The molecule has 0 spiro atoms. The van der Waals surface area contributed by atoms with Gasteiger partial charge in [0.1, 0.15) is 11.4 Å². The van der Waals surface area contributed by atoms with Crippen molar-refractivity contribution in [1.29, 1.82) is 0 Å². The van der Waals surface area contributed by atoms with E-state index in [0.717, 1.165) is 10.9 Å². The monoisotopic (exact) mass is 391 g/mol. The molecule has 7 heteroatoms. The molecule has 0 saturated carbocycles. The zero-order valence-electron chi connectivity index (χ0n) is 16.3. The number of nitrogens with one attached hydrogen (secondary N) is 1. The first-order valence-corrected chi connectivity index (χ1v) is 9.40. The van der Waals surface area contributed by atoms with E-state index in [1.807, 2.05) is 37.3 Å². The molecule has 4 aromatic rings. The first-order chi connectivity index (χ1) is 14.1. The van der Waals surface area contributed by atoms with E-state index in [4.69, 9.17) is 9.15 Å². The van der Waals surface area contributed by atoms with Gasteiger partial charge in [0.15, 0.2) is 5.76 Å². The summed E-state index contributed by atoms with van der Waals surface area (Å²) in [6.07, 6.45) is 0. The Morgan fingerprint density at radius 2 is 1.86 bits per heavy atom. The molecule has 0 radical (unpaired) electrons. The summed E-state index contributed by atoms with van der Waals surface area (Å²) in [5.74, 6) is 0.351. The number of hydrogen-bond acceptors (Lipinski definition) is 5. The predicted octanol–water partition coefficient (Wildman–Crippen LogP) is 3.48. The van der Waals surface area contributed by atoms with Crippen LogP contribution in [0.1, 0.15) is 28.9 Å². The van der Waals surface area contributed by atoms with Crippen molar-refractivity contribution in [2.75, 3.05) is 13.7 Å². The Balaban J connectivity index is 1.65. The van der Waals surface area contributed by atoms with Gasteiger partial charge < -0.3 is 19.0 Å². The highest BCUT2D eigenvalue weighted by atomic mass is 16.5. The minimum absolute atomic E-state index is 0.143. The number of carbonyl (C=O) groups is 1. The number of ether oxygens (including phenoxy) is 1. The van der Waals surface area contributed by atoms with Crippen molar-refractivity contribution in [2.45, 2.75) is 20.1 Å². The van der Waals surface area contributed by atoms with Gasteiger partial charge in [0.2, 0.25) is 0 Å². The number of benzene rings is 2. The molecule has 0 unspecified atom stereocenters. The highest BCUT2D eigenvalue weighted by Gasteiger charge is 2.24. The smallest absolute Gasteiger partial charge is 0.290 e. The van der Waals surface area contributed by atoms with Crippen LogP contribution < -0.4 is 5.56 Å². The van der Waals surface area contributed by atoms with Gasteiger partial charge in [-0.3, -0.25) is 9.59 Å². The van der Waals surface area contributed by atoms with Crippen LogP contribution in [0.3, 0.4) is 0 Å². The fourth-order valence-corrected chi connectivity index (χ4v) is 3.30. The van der Waals surface area contributed by atoms with Gasteiger partial charge in [0, 0.05) is 24.6 Å². The molecule has 2 aromatic carbocycles. The molecule has 0 aliphatic carbocycles. The molecule has 1 N–H and O–H groups in total. The zero-order chi connectivity index (χ0) is 20.4. The summed E-state index contributed by atoms with van der Waals surface area (Å²) >= 11 is 0. The minimum Gasteiger partial charge on any atom is -0.451 e.